The molecule has 27 heavy (non-hydrogen) atoms. The van der Waals surface area contributed by atoms with E-state index in [1.54, 1.807) is 25.4 Å². The molecular weight excluding hydrogens is 347 g/mol. The highest BCUT2D eigenvalue weighted by Gasteiger charge is 2.25. The number of ether oxygens (including phenoxy) is 1. The van der Waals surface area contributed by atoms with E-state index < -0.39 is 0 Å². The van der Waals surface area contributed by atoms with Crippen molar-refractivity contribution < 1.29 is 9.13 Å². The SMILES string of the molecule is CCNC(=NCc1cccc(OC)n1)NC1CCN(c2ncccc2F)C1. The van der Waals surface area contributed by atoms with Gasteiger partial charge < -0.3 is 20.3 Å². The first kappa shape index (κ1) is 18.9. The van der Waals surface area contributed by atoms with Crippen molar-refractivity contribution in [3.05, 3.63) is 48.0 Å². The van der Waals surface area contributed by atoms with Crippen molar-refractivity contribution in [2.24, 2.45) is 4.99 Å². The summed E-state index contributed by atoms with van der Waals surface area (Å²) >= 11 is 0. The number of hydrogen-bond donors (Lipinski definition) is 2. The van der Waals surface area contributed by atoms with Crippen LogP contribution in [-0.2, 0) is 6.54 Å². The Kier molecular flexibility index (Phi) is 6.40. The van der Waals surface area contributed by atoms with E-state index in [2.05, 4.69) is 25.6 Å². The molecule has 0 saturated carbocycles. The number of anilines is 1. The number of halogens is 1. The summed E-state index contributed by atoms with van der Waals surface area (Å²) in [6.07, 6.45) is 2.50. The van der Waals surface area contributed by atoms with Gasteiger partial charge in [-0.15, -0.1) is 0 Å². The summed E-state index contributed by atoms with van der Waals surface area (Å²) in [4.78, 5) is 15.1. The Bertz CT molecular complexity index is 784. The predicted molar refractivity (Wildman–Crippen MR) is 104 cm³/mol. The van der Waals surface area contributed by atoms with E-state index in [9.17, 15) is 4.39 Å². The first-order chi connectivity index (χ1) is 13.2. The van der Waals surface area contributed by atoms with Gasteiger partial charge in [-0.1, -0.05) is 6.07 Å². The lowest BCUT2D eigenvalue weighted by Crippen LogP contribution is -2.44. The van der Waals surface area contributed by atoms with Gasteiger partial charge in [0.15, 0.2) is 17.6 Å². The van der Waals surface area contributed by atoms with E-state index in [4.69, 9.17) is 4.74 Å². The highest BCUT2D eigenvalue weighted by Crippen LogP contribution is 2.20. The third kappa shape index (κ3) is 5.06. The molecule has 1 saturated heterocycles. The molecule has 2 aromatic rings. The van der Waals surface area contributed by atoms with Crippen LogP contribution in [0.4, 0.5) is 10.2 Å². The molecule has 1 fully saturated rings. The first-order valence-corrected chi connectivity index (χ1v) is 9.10. The molecule has 0 bridgehead atoms. The van der Waals surface area contributed by atoms with Crippen LogP contribution in [0.2, 0.25) is 0 Å². The molecule has 1 aliphatic heterocycles. The number of nitrogens with zero attached hydrogens (tertiary/aromatic N) is 4. The molecule has 1 aliphatic rings. The Morgan fingerprint density at radius 3 is 3.04 bits per heavy atom. The molecule has 3 heterocycles. The average molecular weight is 372 g/mol. The van der Waals surface area contributed by atoms with Crippen molar-refractivity contribution in [2.45, 2.75) is 25.9 Å². The zero-order valence-electron chi connectivity index (χ0n) is 15.7. The second-order valence-electron chi connectivity index (χ2n) is 6.25. The lowest BCUT2D eigenvalue weighted by Gasteiger charge is -2.19. The topological polar surface area (TPSA) is 74.7 Å². The second-order valence-corrected chi connectivity index (χ2v) is 6.25. The monoisotopic (exact) mass is 372 g/mol. The lowest BCUT2D eigenvalue weighted by molar-refractivity contribution is 0.396. The molecule has 7 nitrogen and oxygen atoms in total. The summed E-state index contributed by atoms with van der Waals surface area (Å²) in [5.41, 5.74) is 0.829. The van der Waals surface area contributed by atoms with Crippen LogP contribution in [0.3, 0.4) is 0 Å². The van der Waals surface area contributed by atoms with Crippen LogP contribution in [-0.4, -0.2) is 48.7 Å². The van der Waals surface area contributed by atoms with Crippen LogP contribution in [0.15, 0.2) is 41.5 Å². The number of pyridine rings is 2. The molecule has 0 aromatic carbocycles. The quantitative estimate of drug-likeness (QED) is 0.596. The van der Waals surface area contributed by atoms with E-state index in [-0.39, 0.29) is 11.9 Å². The summed E-state index contributed by atoms with van der Waals surface area (Å²) in [6.45, 7) is 4.64. The van der Waals surface area contributed by atoms with E-state index in [1.807, 2.05) is 24.0 Å². The molecule has 1 atom stereocenters. The van der Waals surface area contributed by atoms with Gasteiger partial charge in [-0.3, -0.25) is 0 Å². The van der Waals surface area contributed by atoms with Crippen LogP contribution < -0.4 is 20.3 Å². The van der Waals surface area contributed by atoms with Crippen LogP contribution in [0.5, 0.6) is 5.88 Å². The predicted octanol–water partition coefficient (Wildman–Crippen LogP) is 1.96. The van der Waals surface area contributed by atoms with Gasteiger partial charge in [0.25, 0.3) is 0 Å². The fraction of sp³-hybridized carbons (Fsp3) is 0.421. The maximum Gasteiger partial charge on any atom is 0.213 e. The van der Waals surface area contributed by atoms with Crippen LogP contribution in [0.25, 0.3) is 0 Å². The summed E-state index contributed by atoms with van der Waals surface area (Å²) in [5, 5.41) is 6.67. The third-order valence-corrected chi connectivity index (χ3v) is 4.30. The van der Waals surface area contributed by atoms with Crippen molar-refractivity contribution >= 4 is 11.8 Å². The molecule has 144 valence electrons. The summed E-state index contributed by atoms with van der Waals surface area (Å²) < 4.78 is 19.1. The summed E-state index contributed by atoms with van der Waals surface area (Å²) in [5.74, 6) is 1.41. The molecule has 0 radical (unpaired) electrons. The number of guanidine groups is 1. The van der Waals surface area contributed by atoms with Gasteiger partial charge in [0, 0.05) is 37.9 Å². The van der Waals surface area contributed by atoms with E-state index in [1.165, 1.54) is 6.07 Å². The normalized spacial score (nSPS) is 17.1. The lowest BCUT2D eigenvalue weighted by atomic mass is 10.3. The van der Waals surface area contributed by atoms with E-state index in [0.29, 0.717) is 24.8 Å². The molecule has 1 unspecified atom stereocenters. The fourth-order valence-corrected chi connectivity index (χ4v) is 3.01. The van der Waals surface area contributed by atoms with Crippen molar-refractivity contribution in [3.8, 4) is 5.88 Å². The Hall–Kier alpha value is -2.90. The zero-order chi connectivity index (χ0) is 19.1. The molecule has 2 aromatic heterocycles. The molecular formula is C19H25FN6O. The second kappa shape index (κ2) is 9.16. The van der Waals surface area contributed by atoms with Crippen LogP contribution >= 0.6 is 0 Å². The molecule has 2 N–H and O–H groups in total. The smallest absolute Gasteiger partial charge is 0.213 e. The number of aromatic nitrogens is 2. The maximum atomic E-state index is 13.9. The standard InChI is InChI=1S/C19H25FN6O/c1-3-21-19(23-12-14-6-4-8-17(24-14)27-2)25-15-9-11-26(13-15)18-16(20)7-5-10-22-18/h4-8,10,15H,3,9,11-13H2,1-2H3,(H2,21,23,25). The Labute approximate surface area is 158 Å². The summed E-state index contributed by atoms with van der Waals surface area (Å²) in [7, 11) is 1.59. The van der Waals surface area contributed by atoms with Gasteiger partial charge in [0.2, 0.25) is 5.88 Å². The van der Waals surface area contributed by atoms with Gasteiger partial charge in [-0.05, 0) is 31.5 Å². The largest absolute Gasteiger partial charge is 0.481 e. The number of rotatable bonds is 6. The zero-order valence-corrected chi connectivity index (χ0v) is 15.7. The number of nitrogens with one attached hydrogen (secondary N) is 2. The van der Waals surface area contributed by atoms with E-state index >= 15 is 0 Å². The maximum absolute atomic E-state index is 13.9. The molecule has 0 aliphatic carbocycles. The highest BCUT2D eigenvalue weighted by atomic mass is 19.1. The Morgan fingerprint density at radius 1 is 1.37 bits per heavy atom. The van der Waals surface area contributed by atoms with Gasteiger partial charge in [-0.25, -0.2) is 19.4 Å². The average Bonchev–Trinajstić information content (AvgIpc) is 3.15. The minimum Gasteiger partial charge on any atom is -0.481 e. The fourth-order valence-electron chi connectivity index (χ4n) is 3.01. The van der Waals surface area contributed by atoms with Gasteiger partial charge >= 0.3 is 0 Å². The number of methoxy groups -OCH3 is 1. The van der Waals surface area contributed by atoms with Crippen molar-refractivity contribution in [1.29, 1.82) is 0 Å². The first-order valence-electron chi connectivity index (χ1n) is 9.10. The molecule has 3 rings (SSSR count). The molecule has 0 spiro atoms. The van der Waals surface area contributed by atoms with Crippen molar-refractivity contribution in [3.63, 3.8) is 0 Å². The minimum atomic E-state index is -0.289. The van der Waals surface area contributed by atoms with Gasteiger partial charge in [0.1, 0.15) is 0 Å². The van der Waals surface area contributed by atoms with Gasteiger partial charge in [-0.2, -0.15) is 0 Å². The highest BCUT2D eigenvalue weighted by molar-refractivity contribution is 5.80. The van der Waals surface area contributed by atoms with E-state index in [0.717, 1.165) is 31.2 Å². The molecule has 8 heteroatoms. The minimum absolute atomic E-state index is 0.169. The van der Waals surface area contributed by atoms with Gasteiger partial charge in [0.05, 0.1) is 19.3 Å². The number of aliphatic imine (C=N–C) groups is 1. The van der Waals surface area contributed by atoms with Crippen LogP contribution in [0, 0.1) is 5.82 Å². The third-order valence-electron chi connectivity index (χ3n) is 4.30. The Balaban J connectivity index is 1.61. The summed E-state index contributed by atoms with van der Waals surface area (Å²) in [6, 6.07) is 8.83. The van der Waals surface area contributed by atoms with Crippen LogP contribution in [0.1, 0.15) is 19.0 Å². The molecule has 0 amide bonds. The van der Waals surface area contributed by atoms with Crippen molar-refractivity contribution in [1.82, 2.24) is 20.6 Å². The van der Waals surface area contributed by atoms with Crippen molar-refractivity contribution in [2.75, 3.05) is 31.6 Å². The number of hydrogen-bond acceptors (Lipinski definition) is 5. The Morgan fingerprint density at radius 2 is 2.26 bits per heavy atom.